The summed E-state index contributed by atoms with van der Waals surface area (Å²) in [6.45, 7) is 10.9. The van der Waals surface area contributed by atoms with Gasteiger partial charge in [-0.3, -0.25) is 19.3 Å². The molecular weight excluding hydrogens is 368 g/mol. The molecule has 0 aliphatic carbocycles. The highest BCUT2D eigenvalue weighted by molar-refractivity contribution is 5.94. The van der Waals surface area contributed by atoms with Gasteiger partial charge in [0.2, 0.25) is 11.8 Å². The molecule has 1 aromatic carbocycles. The SMILES string of the molecule is CC(=O)c1ccc(N2CCN(C(=O)CC3C(=O)NCCN3CC(C)C)CC2)cc1. The molecule has 2 saturated heterocycles. The Morgan fingerprint density at radius 2 is 1.72 bits per heavy atom. The van der Waals surface area contributed by atoms with Gasteiger partial charge >= 0.3 is 0 Å². The van der Waals surface area contributed by atoms with Gasteiger partial charge in [-0.15, -0.1) is 0 Å². The third kappa shape index (κ3) is 5.35. The molecule has 2 aliphatic rings. The number of piperazine rings is 2. The molecule has 2 amide bonds. The van der Waals surface area contributed by atoms with Crippen molar-refractivity contribution < 1.29 is 14.4 Å². The maximum absolute atomic E-state index is 12.9. The maximum atomic E-state index is 12.9. The predicted octanol–water partition coefficient (Wildman–Crippen LogP) is 1.38. The van der Waals surface area contributed by atoms with Crippen LogP contribution in [0.3, 0.4) is 0 Å². The molecule has 2 fully saturated rings. The van der Waals surface area contributed by atoms with Crippen molar-refractivity contribution in [2.75, 3.05) is 50.7 Å². The Kier molecular flexibility index (Phi) is 6.90. The van der Waals surface area contributed by atoms with Crippen LogP contribution in [-0.4, -0.2) is 79.3 Å². The molecule has 1 unspecified atom stereocenters. The van der Waals surface area contributed by atoms with Crippen molar-refractivity contribution in [3.05, 3.63) is 29.8 Å². The van der Waals surface area contributed by atoms with Gasteiger partial charge in [-0.1, -0.05) is 13.8 Å². The van der Waals surface area contributed by atoms with Gasteiger partial charge in [0.15, 0.2) is 5.78 Å². The molecule has 7 nitrogen and oxygen atoms in total. The van der Waals surface area contributed by atoms with Crippen molar-refractivity contribution >= 4 is 23.3 Å². The fraction of sp³-hybridized carbons (Fsp3) is 0.591. The summed E-state index contributed by atoms with van der Waals surface area (Å²) in [5, 5.41) is 2.90. The summed E-state index contributed by atoms with van der Waals surface area (Å²) in [6, 6.07) is 7.26. The fourth-order valence-corrected chi connectivity index (χ4v) is 4.09. The van der Waals surface area contributed by atoms with Crippen molar-refractivity contribution in [3.63, 3.8) is 0 Å². The summed E-state index contributed by atoms with van der Waals surface area (Å²) in [6.07, 6.45) is 0.242. The number of anilines is 1. The summed E-state index contributed by atoms with van der Waals surface area (Å²) in [7, 11) is 0. The lowest BCUT2D eigenvalue weighted by Gasteiger charge is -2.39. The number of hydrogen-bond acceptors (Lipinski definition) is 5. The largest absolute Gasteiger partial charge is 0.368 e. The van der Waals surface area contributed by atoms with E-state index in [9.17, 15) is 14.4 Å². The Morgan fingerprint density at radius 1 is 1.07 bits per heavy atom. The van der Waals surface area contributed by atoms with E-state index in [2.05, 4.69) is 29.0 Å². The number of nitrogens with one attached hydrogen (secondary N) is 1. The van der Waals surface area contributed by atoms with Crippen LogP contribution in [-0.2, 0) is 9.59 Å². The highest BCUT2D eigenvalue weighted by Gasteiger charge is 2.33. The molecular formula is C22H32N4O3. The second-order valence-corrected chi connectivity index (χ2v) is 8.37. The van der Waals surface area contributed by atoms with Crippen LogP contribution in [0.4, 0.5) is 5.69 Å². The first-order valence-corrected chi connectivity index (χ1v) is 10.5. The quantitative estimate of drug-likeness (QED) is 0.731. The van der Waals surface area contributed by atoms with Crippen molar-refractivity contribution in [2.45, 2.75) is 33.2 Å². The van der Waals surface area contributed by atoms with Crippen LogP contribution >= 0.6 is 0 Å². The minimum absolute atomic E-state index is 0.0329. The highest BCUT2D eigenvalue weighted by Crippen LogP contribution is 2.19. The Labute approximate surface area is 173 Å². The first-order valence-electron chi connectivity index (χ1n) is 10.5. The predicted molar refractivity (Wildman–Crippen MR) is 113 cm³/mol. The zero-order valence-corrected chi connectivity index (χ0v) is 17.7. The molecule has 1 atom stereocenters. The molecule has 0 aromatic heterocycles. The second-order valence-electron chi connectivity index (χ2n) is 8.37. The van der Waals surface area contributed by atoms with E-state index in [1.54, 1.807) is 6.92 Å². The van der Waals surface area contributed by atoms with E-state index in [1.165, 1.54) is 0 Å². The third-order valence-corrected chi connectivity index (χ3v) is 5.68. The van der Waals surface area contributed by atoms with Crippen molar-refractivity contribution in [3.8, 4) is 0 Å². The molecule has 2 heterocycles. The number of hydrogen-bond donors (Lipinski definition) is 1. The average Bonchev–Trinajstić information content (AvgIpc) is 2.70. The lowest BCUT2D eigenvalue weighted by atomic mass is 10.0. The van der Waals surface area contributed by atoms with Gasteiger partial charge in [-0.25, -0.2) is 0 Å². The Bertz CT molecular complexity index is 739. The van der Waals surface area contributed by atoms with Crippen LogP contribution in [0, 0.1) is 5.92 Å². The molecule has 3 rings (SSSR count). The van der Waals surface area contributed by atoms with E-state index in [1.807, 2.05) is 29.2 Å². The Balaban J connectivity index is 1.55. The van der Waals surface area contributed by atoms with Crippen LogP contribution in [0.15, 0.2) is 24.3 Å². The standard InChI is InChI=1S/C22H32N4O3/c1-16(2)15-26-9-8-23-22(29)20(26)14-21(28)25-12-10-24(11-13-25)19-6-4-18(5-7-19)17(3)27/h4-7,16,20H,8-15H2,1-3H3,(H,23,29). The van der Waals surface area contributed by atoms with Crippen LogP contribution < -0.4 is 10.2 Å². The molecule has 0 spiro atoms. The van der Waals surface area contributed by atoms with E-state index >= 15 is 0 Å². The number of carbonyl (C=O) groups excluding carboxylic acids is 3. The minimum Gasteiger partial charge on any atom is -0.368 e. The third-order valence-electron chi connectivity index (χ3n) is 5.68. The van der Waals surface area contributed by atoms with E-state index in [0.717, 1.165) is 31.9 Å². The smallest absolute Gasteiger partial charge is 0.237 e. The van der Waals surface area contributed by atoms with Gasteiger partial charge in [-0.2, -0.15) is 0 Å². The van der Waals surface area contributed by atoms with E-state index < -0.39 is 0 Å². The highest BCUT2D eigenvalue weighted by atomic mass is 16.2. The number of ketones is 1. The summed E-state index contributed by atoms with van der Waals surface area (Å²) in [4.78, 5) is 42.9. The van der Waals surface area contributed by atoms with E-state index in [4.69, 9.17) is 0 Å². The monoisotopic (exact) mass is 400 g/mol. The van der Waals surface area contributed by atoms with E-state index in [0.29, 0.717) is 31.1 Å². The number of benzene rings is 1. The first kappa shape index (κ1) is 21.3. The van der Waals surface area contributed by atoms with Gasteiger partial charge in [-0.05, 0) is 37.1 Å². The lowest BCUT2D eigenvalue weighted by molar-refractivity contribution is -0.139. The summed E-state index contributed by atoms with van der Waals surface area (Å²) < 4.78 is 0. The zero-order valence-electron chi connectivity index (χ0n) is 17.7. The molecule has 158 valence electrons. The minimum atomic E-state index is -0.365. The zero-order chi connectivity index (χ0) is 21.0. The van der Waals surface area contributed by atoms with Gasteiger partial charge in [0.25, 0.3) is 0 Å². The normalized spacial score (nSPS) is 20.7. The molecule has 1 aromatic rings. The molecule has 29 heavy (non-hydrogen) atoms. The Morgan fingerprint density at radius 3 is 2.31 bits per heavy atom. The number of amides is 2. The summed E-state index contributed by atoms with van der Waals surface area (Å²) in [5.74, 6) is 0.531. The maximum Gasteiger partial charge on any atom is 0.237 e. The van der Waals surface area contributed by atoms with E-state index in [-0.39, 0.29) is 30.1 Å². The second kappa shape index (κ2) is 9.39. The van der Waals surface area contributed by atoms with Crippen LogP contribution in [0.1, 0.15) is 37.6 Å². The van der Waals surface area contributed by atoms with Crippen LogP contribution in [0.2, 0.25) is 0 Å². The van der Waals surface area contributed by atoms with Crippen molar-refractivity contribution in [2.24, 2.45) is 5.92 Å². The molecule has 0 radical (unpaired) electrons. The summed E-state index contributed by atoms with van der Waals surface area (Å²) >= 11 is 0. The number of carbonyl (C=O) groups is 3. The first-order chi connectivity index (χ1) is 13.8. The number of rotatable bonds is 6. The molecule has 2 aliphatic heterocycles. The molecule has 0 saturated carbocycles. The lowest BCUT2D eigenvalue weighted by Crippen LogP contribution is -2.58. The Hall–Kier alpha value is -2.41. The molecule has 0 bridgehead atoms. The molecule has 1 N–H and O–H groups in total. The van der Waals surface area contributed by atoms with Gasteiger partial charge in [0.05, 0.1) is 12.5 Å². The van der Waals surface area contributed by atoms with Crippen LogP contribution in [0.5, 0.6) is 0 Å². The van der Waals surface area contributed by atoms with Crippen molar-refractivity contribution in [1.29, 1.82) is 0 Å². The topological polar surface area (TPSA) is 73.0 Å². The number of Topliss-reactive ketones (excluding diaryl/α,β-unsaturated/α-hetero) is 1. The van der Waals surface area contributed by atoms with Gasteiger partial charge < -0.3 is 15.1 Å². The molecule has 7 heteroatoms. The van der Waals surface area contributed by atoms with Crippen molar-refractivity contribution in [1.82, 2.24) is 15.1 Å². The summed E-state index contributed by atoms with van der Waals surface area (Å²) in [5.41, 5.74) is 1.77. The van der Waals surface area contributed by atoms with Gasteiger partial charge in [0, 0.05) is 57.1 Å². The van der Waals surface area contributed by atoms with Crippen LogP contribution in [0.25, 0.3) is 0 Å². The average molecular weight is 401 g/mol. The van der Waals surface area contributed by atoms with Gasteiger partial charge in [0.1, 0.15) is 0 Å². The fourth-order valence-electron chi connectivity index (χ4n) is 4.09. The number of nitrogens with zero attached hydrogens (tertiary/aromatic N) is 3.